The van der Waals surface area contributed by atoms with E-state index in [0.29, 0.717) is 0 Å². The van der Waals surface area contributed by atoms with Crippen molar-refractivity contribution in [2.75, 3.05) is 6.61 Å². The molecule has 1 heterocycles. The summed E-state index contributed by atoms with van der Waals surface area (Å²) in [5.74, 6) is 0. The third kappa shape index (κ3) is 2.38. The van der Waals surface area contributed by atoms with E-state index < -0.39 is 0 Å². The van der Waals surface area contributed by atoms with Crippen LogP contribution in [0.25, 0.3) is 17.3 Å². The first-order chi connectivity index (χ1) is 7.79. The normalized spacial score (nSPS) is 11.1. The highest BCUT2D eigenvalue weighted by Gasteiger charge is 1.99. The lowest BCUT2D eigenvalue weighted by Crippen LogP contribution is -1.87. The molecule has 0 bridgehead atoms. The van der Waals surface area contributed by atoms with Crippen LogP contribution in [0.15, 0.2) is 42.6 Å². The number of aliphatic hydroxyl groups excluding tert-OH is 1. The standard InChI is InChI=1S/C13H14N2O/c1-15-9-8-13(14-15)12-6-4-11(5-7-12)3-2-10-16/h2-9,16H,10H2,1H3. The van der Waals surface area contributed by atoms with Crippen molar-refractivity contribution in [3.8, 4) is 11.3 Å². The van der Waals surface area contributed by atoms with Crippen LogP contribution < -0.4 is 0 Å². The molecule has 3 nitrogen and oxygen atoms in total. The molecule has 82 valence electrons. The molecule has 1 aromatic heterocycles. The first-order valence-corrected chi connectivity index (χ1v) is 5.17. The van der Waals surface area contributed by atoms with Crippen LogP contribution in [0.2, 0.25) is 0 Å². The van der Waals surface area contributed by atoms with E-state index in [9.17, 15) is 0 Å². The average molecular weight is 214 g/mol. The van der Waals surface area contributed by atoms with Gasteiger partial charge in [0.05, 0.1) is 12.3 Å². The van der Waals surface area contributed by atoms with Crippen molar-refractivity contribution >= 4 is 6.08 Å². The highest BCUT2D eigenvalue weighted by Crippen LogP contribution is 2.17. The van der Waals surface area contributed by atoms with Gasteiger partial charge >= 0.3 is 0 Å². The second kappa shape index (κ2) is 4.77. The third-order valence-corrected chi connectivity index (χ3v) is 2.34. The molecule has 3 heteroatoms. The summed E-state index contributed by atoms with van der Waals surface area (Å²) in [6, 6.07) is 10.1. The largest absolute Gasteiger partial charge is 0.392 e. The quantitative estimate of drug-likeness (QED) is 0.849. The highest BCUT2D eigenvalue weighted by molar-refractivity contribution is 5.62. The number of nitrogens with zero attached hydrogens (tertiary/aromatic N) is 2. The molecule has 2 aromatic rings. The van der Waals surface area contributed by atoms with Crippen LogP contribution in [0.3, 0.4) is 0 Å². The molecule has 1 N–H and O–H groups in total. The molecule has 0 aliphatic heterocycles. The van der Waals surface area contributed by atoms with Gasteiger partial charge in [0.15, 0.2) is 0 Å². The zero-order valence-corrected chi connectivity index (χ0v) is 9.17. The molecule has 0 saturated heterocycles. The van der Waals surface area contributed by atoms with Gasteiger partial charge in [-0.1, -0.05) is 36.4 Å². The summed E-state index contributed by atoms with van der Waals surface area (Å²) in [7, 11) is 1.90. The maximum Gasteiger partial charge on any atom is 0.0923 e. The van der Waals surface area contributed by atoms with Crippen molar-refractivity contribution in [2.24, 2.45) is 7.05 Å². The summed E-state index contributed by atoms with van der Waals surface area (Å²) in [5.41, 5.74) is 3.15. The zero-order valence-electron chi connectivity index (χ0n) is 9.17. The Bertz CT molecular complexity index is 483. The zero-order chi connectivity index (χ0) is 11.4. The van der Waals surface area contributed by atoms with Crippen molar-refractivity contribution in [1.82, 2.24) is 9.78 Å². The van der Waals surface area contributed by atoms with E-state index in [4.69, 9.17) is 5.11 Å². The topological polar surface area (TPSA) is 38.0 Å². The molecule has 0 amide bonds. The molecule has 0 aliphatic carbocycles. The SMILES string of the molecule is Cn1ccc(-c2ccc(C=CCO)cc2)n1. The highest BCUT2D eigenvalue weighted by atomic mass is 16.2. The molecule has 2 rings (SSSR count). The number of aryl methyl sites for hydroxylation is 1. The Balaban J connectivity index is 2.22. The maximum atomic E-state index is 8.66. The lowest BCUT2D eigenvalue weighted by molar-refractivity contribution is 0.343. The lowest BCUT2D eigenvalue weighted by atomic mass is 10.1. The Kier molecular flexibility index (Phi) is 3.17. The van der Waals surface area contributed by atoms with Crippen molar-refractivity contribution < 1.29 is 5.11 Å². The molecule has 0 atom stereocenters. The summed E-state index contributed by atoms with van der Waals surface area (Å²) in [5, 5.41) is 13.0. The summed E-state index contributed by atoms with van der Waals surface area (Å²) < 4.78 is 1.79. The lowest BCUT2D eigenvalue weighted by Gasteiger charge is -1.97. The van der Waals surface area contributed by atoms with E-state index >= 15 is 0 Å². The van der Waals surface area contributed by atoms with Gasteiger partial charge in [-0.3, -0.25) is 4.68 Å². The molecule has 0 unspecified atom stereocenters. The van der Waals surface area contributed by atoms with Crippen LogP contribution in [0, 0.1) is 0 Å². The predicted octanol–water partition coefficient (Wildman–Crippen LogP) is 2.09. The number of aliphatic hydroxyl groups is 1. The van der Waals surface area contributed by atoms with Crippen LogP contribution in [0.5, 0.6) is 0 Å². The molecule has 0 spiro atoms. The van der Waals surface area contributed by atoms with Gasteiger partial charge in [-0.15, -0.1) is 0 Å². The monoisotopic (exact) mass is 214 g/mol. The first-order valence-electron chi connectivity index (χ1n) is 5.17. The van der Waals surface area contributed by atoms with Crippen molar-refractivity contribution in [3.05, 3.63) is 48.2 Å². The Morgan fingerprint density at radius 3 is 2.56 bits per heavy atom. The number of hydrogen-bond acceptors (Lipinski definition) is 2. The molecule has 1 aromatic carbocycles. The van der Waals surface area contributed by atoms with E-state index in [-0.39, 0.29) is 6.61 Å². The minimum Gasteiger partial charge on any atom is -0.392 e. The second-order valence-electron chi connectivity index (χ2n) is 3.58. The summed E-state index contributed by atoms with van der Waals surface area (Å²) in [4.78, 5) is 0. The number of rotatable bonds is 3. The van der Waals surface area contributed by atoms with Gasteiger partial charge in [0.25, 0.3) is 0 Å². The average Bonchev–Trinajstić information content (AvgIpc) is 2.74. The van der Waals surface area contributed by atoms with Gasteiger partial charge in [-0.05, 0) is 11.6 Å². The fraction of sp³-hybridized carbons (Fsp3) is 0.154. The fourth-order valence-electron chi connectivity index (χ4n) is 1.52. The number of benzene rings is 1. The van der Waals surface area contributed by atoms with E-state index in [1.54, 1.807) is 10.8 Å². The minimum atomic E-state index is 0.0714. The molecule has 0 aliphatic rings. The van der Waals surface area contributed by atoms with E-state index in [1.165, 1.54) is 0 Å². The van der Waals surface area contributed by atoms with Crippen LogP contribution in [0.1, 0.15) is 5.56 Å². The Morgan fingerprint density at radius 2 is 2.00 bits per heavy atom. The number of hydrogen-bond donors (Lipinski definition) is 1. The fourth-order valence-corrected chi connectivity index (χ4v) is 1.52. The van der Waals surface area contributed by atoms with Crippen LogP contribution >= 0.6 is 0 Å². The molecule has 0 saturated carbocycles. The van der Waals surface area contributed by atoms with Crippen molar-refractivity contribution in [2.45, 2.75) is 0 Å². The molecule has 0 radical (unpaired) electrons. The smallest absolute Gasteiger partial charge is 0.0923 e. The Labute approximate surface area is 94.7 Å². The minimum absolute atomic E-state index is 0.0714. The molecule has 0 fully saturated rings. The molecular weight excluding hydrogens is 200 g/mol. The predicted molar refractivity (Wildman–Crippen MR) is 64.8 cm³/mol. The third-order valence-electron chi connectivity index (χ3n) is 2.34. The van der Waals surface area contributed by atoms with Crippen LogP contribution in [-0.4, -0.2) is 21.5 Å². The van der Waals surface area contributed by atoms with E-state index in [1.807, 2.05) is 49.7 Å². The maximum absolute atomic E-state index is 8.66. The van der Waals surface area contributed by atoms with Gasteiger partial charge in [0.2, 0.25) is 0 Å². The summed E-state index contributed by atoms with van der Waals surface area (Å²) in [6.45, 7) is 0.0714. The van der Waals surface area contributed by atoms with Gasteiger partial charge in [-0.25, -0.2) is 0 Å². The van der Waals surface area contributed by atoms with Gasteiger partial charge in [0.1, 0.15) is 0 Å². The first kappa shape index (κ1) is 10.6. The van der Waals surface area contributed by atoms with Gasteiger partial charge in [0, 0.05) is 18.8 Å². The summed E-state index contributed by atoms with van der Waals surface area (Å²) >= 11 is 0. The van der Waals surface area contributed by atoms with Gasteiger partial charge < -0.3 is 5.11 Å². The van der Waals surface area contributed by atoms with Crippen LogP contribution in [-0.2, 0) is 7.05 Å². The molecule has 16 heavy (non-hydrogen) atoms. The van der Waals surface area contributed by atoms with Crippen molar-refractivity contribution in [3.63, 3.8) is 0 Å². The van der Waals surface area contributed by atoms with Crippen LogP contribution in [0.4, 0.5) is 0 Å². The Morgan fingerprint density at radius 1 is 1.25 bits per heavy atom. The van der Waals surface area contributed by atoms with Crippen molar-refractivity contribution in [1.29, 1.82) is 0 Å². The second-order valence-corrected chi connectivity index (χ2v) is 3.58. The summed E-state index contributed by atoms with van der Waals surface area (Å²) in [6.07, 6.45) is 5.53. The number of aromatic nitrogens is 2. The Hall–Kier alpha value is -1.87. The molecular formula is C13H14N2O. The van der Waals surface area contributed by atoms with Gasteiger partial charge in [-0.2, -0.15) is 5.10 Å². The van der Waals surface area contributed by atoms with E-state index in [0.717, 1.165) is 16.8 Å². The van der Waals surface area contributed by atoms with E-state index in [2.05, 4.69) is 5.10 Å².